The summed E-state index contributed by atoms with van der Waals surface area (Å²) in [4.78, 5) is 204. The molecule has 34 nitrogen and oxygen atoms in total. The molecule has 12 amide bonds. The molecule has 0 aliphatic rings. The molecule has 15 atom stereocenters. The van der Waals surface area contributed by atoms with E-state index in [-0.39, 0.29) is 83.2 Å². The number of amides is 12. The van der Waals surface area contributed by atoms with E-state index in [1.807, 2.05) is 13.8 Å². The first-order valence-corrected chi connectivity index (χ1v) is 35.8. The summed E-state index contributed by atoms with van der Waals surface area (Å²) >= 11 is 0. The fourth-order valence-corrected chi connectivity index (χ4v) is 10.8. The molecule has 0 saturated heterocycles. The number of carbonyl (C=O) groups excluding carboxylic acids is 12. The molecular formula is C71H113N15O19. The van der Waals surface area contributed by atoms with Crippen molar-refractivity contribution in [1.29, 1.82) is 0 Å². The molecule has 586 valence electrons. The average molecular weight is 1480 g/mol. The molecule has 34 heteroatoms. The van der Waals surface area contributed by atoms with Gasteiger partial charge in [0, 0.05) is 19.3 Å². The number of carbonyl (C=O) groups is 15. The van der Waals surface area contributed by atoms with Crippen molar-refractivity contribution in [1.82, 2.24) is 63.8 Å². The molecule has 0 aromatic heterocycles. The van der Waals surface area contributed by atoms with E-state index in [0.29, 0.717) is 24.0 Å². The Morgan fingerprint density at radius 2 is 0.724 bits per heavy atom. The van der Waals surface area contributed by atoms with Crippen molar-refractivity contribution < 1.29 is 92.3 Å². The third-order valence-electron chi connectivity index (χ3n) is 17.8. The van der Waals surface area contributed by atoms with Crippen LogP contribution in [0.3, 0.4) is 0 Å². The maximum atomic E-state index is 14.7. The van der Waals surface area contributed by atoms with E-state index in [4.69, 9.17) is 17.2 Å². The quantitative estimate of drug-likeness (QED) is 0.0323. The van der Waals surface area contributed by atoms with Crippen LogP contribution in [0.15, 0.2) is 60.7 Å². The number of hydrogen-bond donors (Lipinski definition) is 19. The molecule has 22 N–H and O–H groups in total. The number of aliphatic hydroxyl groups excluding tert-OH is 1. The summed E-state index contributed by atoms with van der Waals surface area (Å²) in [5.74, 6) is -17.6. The highest BCUT2D eigenvalue weighted by Gasteiger charge is 2.39. The van der Waals surface area contributed by atoms with Crippen LogP contribution in [0, 0.1) is 23.7 Å². The summed E-state index contributed by atoms with van der Waals surface area (Å²) in [6.07, 6.45) is -0.332. The van der Waals surface area contributed by atoms with Gasteiger partial charge in [-0.2, -0.15) is 0 Å². The van der Waals surface area contributed by atoms with Crippen molar-refractivity contribution >= 4 is 88.8 Å². The zero-order valence-corrected chi connectivity index (χ0v) is 61.6. The van der Waals surface area contributed by atoms with Gasteiger partial charge in [-0.15, -0.1) is 0 Å². The summed E-state index contributed by atoms with van der Waals surface area (Å²) in [5.41, 5.74) is 18.3. The van der Waals surface area contributed by atoms with Crippen molar-refractivity contribution in [2.75, 3.05) is 26.2 Å². The zero-order valence-electron chi connectivity index (χ0n) is 61.6. The molecule has 0 aliphatic carbocycles. The van der Waals surface area contributed by atoms with Crippen LogP contribution in [0.4, 0.5) is 0 Å². The monoisotopic (exact) mass is 1480 g/mol. The minimum atomic E-state index is -1.84. The molecule has 0 fully saturated rings. The Hall–Kier alpha value is -9.67. The van der Waals surface area contributed by atoms with Gasteiger partial charge in [0.1, 0.15) is 72.5 Å². The van der Waals surface area contributed by atoms with Gasteiger partial charge in [-0.25, -0.2) is 4.79 Å². The summed E-state index contributed by atoms with van der Waals surface area (Å²) in [6.45, 7) is 13.8. The molecule has 0 radical (unpaired) electrons. The average Bonchev–Trinajstić information content (AvgIpc) is 0.848. The second-order valence-electron chi connectivity index (χ2n) is 26.7. The Balaban J connectivity index is 2.46. The number of carboxylic acid groups (broad SMARTS) is 3. The maximum absolute atomic E-state index is 14.7. The number of aliphatic hydroxyl groups is 1. The first-order valence-electron chi connectivity index (χ1n) is 35.8. The van der Waals surface area contributed by atoms with Gasteiger partial charge in [-0.3, -0.25) is 67.1 Å². The largest absolute Gasteiger partial charge is 0.481 e. The Labute approximate surface area is 612 Å². The van der Waals surface area contributed by atoms with Crippen molar-refractivity contribution in [3.63, 3.8) is 0 Å². The van der Waals surface area contributed by atoms with Gasteiger partial charge in [0.2, 0.25) is 70.9 Å². The summed E-state index contributed by atoms with van der Waals surface area (Å²) < 4.78 is 0. The topological polar surface area (TPSA) is 559 Å². The number of aliphatic carboxylic acids is 3. The van der Waals surface area contributed by atoms with Gasteiger partial charge in [-0.1, -0.05) is 135 Å². The molecule has 0 bridgehead atoms. The molecule has 0 spiro atoms. The second kappa shape index (κ2) is 48.4. The van der Waals surface area contributed by atoms with Gasteiger partial charge < -0.3 is 101 Å². The van der Waals surface area contributed by atoms with Crippen molar-refractivity contribution in [2.45, 2.75) is 231 Å². The number of unbranched alkanes of at least 4 members (excludes halogenated alkanes) is 2. The minimum Gasteiger partial charge on any atom is -0.481 e. The SMILES string of the molecule is CCC(C)C(NC(=O)C(CCCCN)NC(=O)C(CCCCN)NC(=O)C(NC(=O)C(NC(=O)C(CC(=O)O)NC(=O)C(Cc1ccccc1)NC(=O)C(CC(C)C)NC(=O)CN)C(C)CC)C(C)CC)C(=O)NC(C)C(=O)NC(CCC(=O)O)C(=O)NC(CO)C(=O)NC(Cc1ccccc1)C(=O)O. The van der Waals surface area contributed by atoms with E-state index in [1.165, 1.54) is 6.92 Å². The Kier molecular flexibility index (Phi) is 42.1. The van der Waals surface area contributed by atoms with Crippen LogP contribution in [0.1, 0.15) is 157 Å². The predicted octanol–water partition coefficient (Wildman–Crippen LogP) is -1.87. The second-order valence-corrected chi connectivity index (χ2v) is 26.7. The highest BCUT2D eigenvalue weighted by molar-refractivity contribution is 6.00. The molecular weight excluding hydrogens is 1370 g/mol. The molecule has 2 rings (SSSR count). The Bertz CT molecular complexity index is 3190. The summed E-state index contributed by atoms with van der Waals surface area (Å²) in [6, 6.07) is -1.17. The van der Waals surface area contributed by atoms with Crippen molar-refractivity contribution in [2.24, 2.45) is 40.9 Å². The van der Waals surface area contributed by atoms with E-state index >= 15 is 0 Å². The van der Waals surface area contributed by atoms with E-state index in [1.54, 1.807) is 102 Å². The smallest absolute Gasteiger partial charge is 0.326 e. The third kappa shape index (κ3) is 33.3. The third-order valence-corrected chi connectivity index (χ3v) is 17.8. The first-order chi connectivity index (χ1) is 49.7. The van der Waals surface area contributed by atoms with Crippen LogP contribution in [0.25, 0.3) is 0 Å². The highest BCUT2D eigenvalue weighted by Crippen LogP contribution is 2.17. The molecule has 0 heterocycles. The van der Waals surface area contributed by atoms with Crippen molar-refractivity contribution in [3.05, 3.63) is 71.8 Å². The van der Waals surface area contributed by atoms with Gasteiger partial charge in [0.15, 0.2) is 0 Å². The lowest BCUT2D eigenvalue weighted by molar-refractivity contribution is -0.142. The van der Waals surface area contributed by atoms with Gasteiger partial charge in [-0.05, 0) is 106 Å². The standard InChI is InChI=1S/C71H113N15O19/c1-10-40(6)57(68(101)75-43(9)60(93)77-48(29-30-55(89)90)62(95)83-53(38-87)67(100)82-52(71(104)105)35-45-25-17-14-18-26-45)84-63(96)47(28-20-22-32-73)78-61(94)46(27-19-21-31-72)79-69(102)58(41(7)11-2)86-70(103)59(42(8)12-3)85-66(99)51(36-56(91)92)81-65(98)50(34-44-23-15-13-16-24-44)80-64(97)49(33-39(4)5)76-54(88)37-74/h13-18,23-26,39-43,46-53,57-59,87H,10-12,19-22,27-38,72-74H2,1-9H3,(H,75,101)(H,76,88)(H,77,93)(H,78,94)(H,79,102)(H,80,97)(H,81,98)(H,82,100)(H,83,95)(H,84,96)(H,85,99)(H,86,103)(H,89,90)(H,91,92)(H,104,105). The lowest BCUT2D eigenvalue weighted by atomic mass is 9.94. The minimum absolute atomic E-state index is 0.0367. The molecule has 0 aliphatic heterocycles. The summed E-state index contributed by atoms with van der Waals surface area (Å²) in [7, 11) is 0. The fourth-order valence-electron chi connectivity index (χ4n) is 10.8. The van der Waals surface area contributed by atoms with Crippen LogP contribution in [-0.4, -0.2) is 208 Å². The van der Waals surface area contributed by atoms with Gasteiger partial charge in [0.25, 0.3) is 0 Å². The van der Waals surface area contributed by atoms with E-state index < -0.39 is 211 Å². The van der Waals surface area contributed by atoms with Crippen LogP contribution in [-0.2, 0) is 84.8 Å². The molecule has 0 saturated carbocycles. The Morgan fingerprint density at radius 3 is 1.15 bits per heavy atom. The normalized spacial score (nSPS) is 15.4. The summed E-state index contributed by atoms with van der Waals surface area (Å²) in [5, 5.41) is 69.9. The number of nitrogens with one attached hydrogen (secondary N) is 12. The first kappa shape index (κ1) is 91.4. The maximum Gasteiger partial charge on any atom is 0.326 e. The number of carboxylic acids is 3. The number of nitrogens with two attached hydrogens (primary N) is 3. The van der Waals surface area contributed by atoms with Crippen LogP contribution >= 0.6 is 0 Å². The van der Waals surface area contributed by atoms with Crippen molar-refractivity contribution in [3.8, 4) is 0 Å². The lowest BCUT2D eigenvalue weighted by Crippen LogP contribution is -2.62. The van der Waals surface area contributed by atoms with Crippen LogP contribution < -0.4 is 81.0 Å². The van der Waals surface area contributed by atoms with Crippen LogP contribution in [0.2, 0.25) is 0 Å². The number of benzene rings is 2. The fraction of sp³-hybridized carbons (Fsp3) is 0.620. The highest BCUT2D eigenvalue weighted by atomic mass is 16.4. The molecule has 2 aromatic carbocycles. The van der Waals surface area contributed by atoms with E-state index in [0.717, 1.165) is 0 Å². The zero-order chi connectivity index (χ0) is 79.0. The Morgan fingerprint density at radius 1 is 0.371 bits per heavy atom. The number of hydrogen-bond acceptors (Lipinski definition) is 19. The van der Waals surface area contributed by atoms with Gasteiger partial charge >= 0.3 is 17.9 Å². The molecule has 105 heavy (non-hydrogen) atoms. The molecule has 2 aromatic rings. The predicted molar refractivity (Wildman–Crippen MR) is 386 cm³/mol. The lowest BCUT2D eigenvalue weighted by Gasteiger charge is -2.31. The van der Waals surface area contributed by atoms with E-state index in [2.05, 4.69) is 63.8 Å². The van der Waals surface area contributed by atoms with Gasteiger partial charge in [0.05, 0.1) is 19.6 Å². The van der Waals surface area contributed by atoms with E-state index in [9.17, 15) is 92.3 Å². The number of rotatable bonds is 51. The molecule has 15 unspecified atom stereocenters. The van der Waals surface area contributed by atoms with Crippen LogP contribution in [0.5, 0.6) is 0 Å².